The van der Waals surface area contributed by atoms with E-state index < -0.39 is 22.2 Å². The molecule has 2 aliphatic rings. The highest BCUT2D eigenvalue weighted by Crippen LogP contribution is 2.36. The fraction of sp³-hybridized carbons (Fsp3) is 0.421. The van der Waals surface area contributed by atoms with Crippen molar-refractivity contribution in [2.45, 2.75) is 56.1 Å². The van der Waals surface area contributed by atoms with E-state index in [1.54, 1.807) is 10.8 Å². The number of anilines is 2. The van der Waals surface area contributed by atoms with E-state index in [1.165, 1.54) is 12.1 Å². The fourth-order valence-electron chi connectivity index (χ4n) is 3.67. The number of aromatic amines is 1. The summed E-state index contributed by atoms with van der Waals surface area (Å²) in [7, 11) is -3.98. The lowest BCUT2D eigenvalue weighted by molar-refractivity contribution is 0.0981. The van der Waals surface area contributed by atoms with Gasteiger partial charge >= 0.3 is 12.2 Å². The second-order valence-electron chi connectivity index (χ2n) is 7.83. The smallest absolute Gasteiger partial charge is 0.426 e. The van der Waals surface area contributed by atoms with Gasteiger partial charge in [-0.2, -0.15) is 5.10 Å². The highest BCUT2D eigenvalue weighted by molar-refractivity contribution is 7.90. The zero-order valence-corrected chi connectivity index (χ0v) is 17.8. The Morgan fingerprint density at radius 1 is 1.29 bits per heavy atom. The molecule has 2 aromatic rings. The summed E-state index contributed by atoms with van der Waals surface area (Å²) >= 11 is 0. The highest BCUT2D eigenvalue weighted by Gasteiger charge is 2.31. The first-order valence-electron chi connectivity index (χ1n) is 9.88. The molecule has 2 atom stereocenters. The molecule has 0 unspecified atom stereocenters. The number of nitrogens with zero attached hydrogens (tertiary/aromatic N) is 1. The third-order valence-electron chi connectivity index (χ3n) is 5.03. The minimum Gasteiger partial charge on any atom is -0.446 e. The Labute approximate surface area is 178 Å². The van der Waals surface area contributed by atoms with Gasteiger partial charge in [-0.1, -0.05) is 0 Å². The SMILES string of the molecule is CC(C)NC(=O)O[C@@H]1CC[C@H](c2cc(Nc3ccc4c(c3)S(=O)(=O)NC(=O)O4)n[nH]2)C1. The van der Waals surface area contributed by atoms with Crippen molar-refractivity contribution in [1.82, 2.24) is 20.2 Å². The summed E-state index contributed by atoms with van der Waals surface area (Å²) < 4.78 is 36.4. The molecule has 0 spiro atoms. The number of rotatable bonds is 5. The second-order valence-corrected chi connectivity index (χ2v) is 9.48. The van der Waals surface area contributed by atoms with Crippen LogP contribution in [-0.2, 0) is 14.8 Å². The predicted octanol–water partition coefficient (Wildman–Crippen LogP) is 2.71. The molecule has 1 fully saturated rings. The normalized spacial score (nSPS) is 21.7. The van der Waals surface area contributed by atoms with Crippen molar-refractivity contribution in [1.29, 1.82) is 0 Å². The number of fused-ring (bicyclic) bond motifs is 1. The minimum absolute atomic E-state index is 0.0207. The molecule has 166 valence electrons. The van der Waals surface area contributed by atoms with Crippen LogP contribution in [0.4, 0.5) is 21.1 Å². The summed E-state index contributed by atoms with van der Waals surface area (Å²) in [6.07, 6.45) is 0.730. The molecule has 1 saturated carbocycles. The first-order chi connectivity index (χ1) is 14.7. The van der Waals surface area contributed by atoms with E-state index in [0.717, 1.165) is 18.5 Å². The van der Waals surface area contributed by atoms with E-state index in [0.29, 0.717) is 17.9 Å². The molecule has 12 heteroatoms. The molecule has 1 aromatic heterocycles. The van der Waals surface area contributed by atoms with Crippen molar-refractivity contribution in [3.8, 4) is 5.75 Å². The number of alkyl carbamates (subject to hydrolysis) is 1. The lowest BCUT2D eigenvalue weighted by Crippen LogP contribution is -2.37. The molecule has 0 radical (unpaired) electrons. The molecule has 1 aliphatic heterocycles. The maximum atomic E-state index is 12.1. The summed E-state index contributed by atoms with van der Waals surface area (Å²) in [5.74, 6) is 0.651. The molecule has 4 rings (SSSR count). The van der Waals surface area contributed by atoms with Crippen LogP contribution in [-0.4, -0.2) is 42.9 Å². The molecule has 2 amide bonds. The molecule has 2 heterocycles. The molecular weight excluding hydrogens is 426 g/mol. The summed E-state index contributed by atoms with van der Waals surface area (Å²) in [5.41, 5.74) is 1.37. The van der Waals surface area contributed by atoms with E-state index in [1.807, 2.05) is 19.9 Å². The molecule has 0 saturated heterocycles. The molecule has 4 N–H and O–H groups in total. The van der Waals surface area contributed by atoms with Gasteiger partial charge in [0.05, 0.1) is 0 Å². The van der Waals surface area contributed by atoms with Crippen molar-refractivity contribution in [2.24, 2.45) is 0 Å². The van der Waals surface area contributed by atoms with Gasteiger partial charge in [0.2, 0.25) is 0 Å². The maximum absolute atomic E-state index is 12.1. The predicted molar refractivity (Wildman–Crippen MR) is 110 cm³/mol. The van der Waals surface area contributed by atoms with Crippen LogP contribution in [0.3, 0.4) is 0 Å². The number of nitrogens with one attached hydrogen (secondary N) is 4. The van der Waals surface area contributed by atoms with E-state index in [4.69, 9.17) is 9.47 Å². The van der Waals surface area contributed by atoms with Crippen molar-refractivity contribution < 1.29 is 27.5 Å². The van der Waals surface area contributed by atoms with Crippen LogP contribution in [0.2, 0.25) is 0 Å². The van der Waals surface area contributed by atoms with Gasteiger partial charge in [-0.15, -0.1) is 0 Å². The van der Waals surface area contributed by atoms with Gasteiger partial charge in [-0.3, -0.25) is 5.10 Å². The van der Waals surface area contributed by atoms with Crippen LogP contribution in [0.5, 0.6) is 5.75 Å². The molecular formula is C19H23N5O6S. The van der Waals surface area contributed by atoms with E-state index in [-0.39, 0.29) is 28.7 Å². The molecule has 1 aliphatic carbocycles. The average molecular weight is 449 g/mol. The largest absolute Gasteiger partial charge is 0.446 e. The molecule has 0 bridgehead atoms. The Morgan fingerprint density at radius 3 is 2.87 bits per heavy atom. The van der Waals surface area contributed by atoms with E-state index >= 15 is 0 Å². The lowest BCUT2D eigenvalue weighted by atomic mass is 10.0. The number of carbonyl (C=O) groups is 2. The average Bonchev–Trinajstić information content (AvgIpc) is 3.30. The standard InChI is InChI=1S/C19H23N5O6S/c1-10(2)20-18(25)29-13-5-3-11(7-13)14-9-17(23-22-14)21-12-4-6-15-16(8-12)31(27,28)24-19(26)30-15/h4,6,8-11,13H,3,5,7H2,1-2H3,(H,20,25)(H,24,26)(H2,21,22,23)/t11-,13+/m0/s1. The number of carbonyl (C=O) groups excluding carboxylic acids is 2. The third kappa shape index (κ3) is 4.74. The summed E-state index contributed by atoms with van der Waals surface area (Å²) in [5, 5.41) is 13.0. The van der Waals surface area contributed by atoms with Gasteiger partial charge in [-0.05, 0) is 51.3 Å². The lowest BCUT2D eigenvalue weighted by Gasteiger charge is -2.17. The Hall–Kier alpha value is -3.28. The Bertz CT molecular complexity index is 1110. The number of amides is 2. The van der Waals surface area contributed by atoms with Gasteiger partial charge in [0.15, 0.2) is 11.6 Å². The monoisotopic (exact) mass is 449 g/mol. The highest BCUT2D eigenvalue weighted by atomic mass is 32.2. The summed E-state index contributed by atoms with van der Waals surface area (Å²) in [6, 6.07) is 6.22. The van der Waals surface area contributed by atoms with Gasteiger partial charge < -0.3 is 20.1 Å². The number of sulfonamides is 1. The maximum Gasteiger partial charge on any atom is 0.426 e. The summed E-state index contributed by atoms with van der Waals surface area (Å²) in [4.78, 5) is 23.0. The van der Waals surface area contributed by atoms with Gasteiger partial charge in [-0.25, -0.2) is 22.7 Å². The Balaban J connectivity index is 1.40. The molecule has 31 heavy (non-hydrogen) atoms. The fourth-order valence-corrected chi connectivity index (χ4v) is 4.70. The molecule has 1 aromatic carbocycles. The third-order valence-corrected chi connectivity index (χ3v) is 6.36. The van der Waals surface area contributed by atoms with E-state index in [2.05, 4.69) is 20.8 Å². The zero-order valence-electron chi connectivity index (χ0n) is 17.0. The van der Waals surface area contributed by atoms with Crippen molar-refractivity contribution in [3.63, 3.8) is 0 Å². The second kappa shape index (κ2) is 8.10. The van der Waals surface area contributed by atoms with Gasteiger partial charge in [0.25, 0.3) is 10.0 Å². The van der Waals surface area contributed by atoms with Crippen LogP contribution in [0, 0.1) is 0 Å². The van der Waals surface area contributed by atoms with Crippen LogP contribution in [0.25, 0.3) is 0 Å². The Kier molecular flexibility index (Phi) is 5.48. The van der Waals surface area contributed by atoms with Gasteiger partial charge in [0, 0.05) is 29.4 Å². The zero-order chi connectivity index (χ0) is 22.2. The van der Waals surface area contributed by atoms with Crippen molar-refractivity contribution >= 4 is 33.7 Å². The van der Waals surface area contributed by atoms with Crippen LogP contribution in [0.15, 0.2) is 29.2 Å². The number of hydrogen-bond acceptors (Lipinski definition) is 8. The minimum atomic E-state index is -3.98. The first-order valence-corrected chi connectivity index (χ1v) is 11.4. The number of aromatic nitrogens is 2. The number of H-pyrrole nitrogens is 1. The van der Waals surface area contributed by atoms with Crippen LogP contribution in [0.1, 0.15) is 44.7 Å². The van der Waals surface area contributed by atoms with Crippen LogP contribution >= 0.6 is 0 Å². The number of benzene rings is 1. The van der Waals surface area contributed by atoms with E-state index in [9.17, 15) is 18.0 Å². The number of hydrogen-bond donors (Lipinski definition) is 4. The quantitative estimate of drug-likeness (QED) is 0.544. The van der Waals surface area contributed by atoms with Crippen molar-refractivity contribution in [3.05, 3.63) is 30.0 Å². The molecule has 11 nitrogen and oxygen atoms in total. The number of ether oxygens (including phenoxy) is 2. The summed E-state index contributed by atoms with van der Waals surface area (Å²) in [6.45, 7) is 3.75. The van der Waals surface area contributed by atoms with Crippen molar-refractivity contribution in [2.75, 3.05) is 5.32 Å². The van der Waals surface area contributed by atoms with Crippen LogP contribution < -0.4 is 20.1 Å². The van der Waals surface area contributed by atoms with Gasteiger partial charge in [0.1, 0.15) is 11.0 Å². The Morgan fingerprint density at radius 2 is 2.10 bits per heavy atom. The topological polar surface area (TPSA) is 152 Å². The first kappa shape index (κ1) is 21.0.